The summed E-state index contributed by atoms with van der Waals surface area (Å²) in [6.07, 6.45) is 15.0. The molecule has 164 valence electrons. The van der Waals surface area contributed by atoms with Crippen molar-refractivity contribution in [2.45, 2.75) is 90.3 Å². The predicted octanol–water partition coefficient (Wildman–Crippen LogP) is 6.76. The highest BCUT2D eigenvalue weighted by Crippen LogP contribution is 2.67. The molecular formula is C27H38O3. The Bertz CT molecular complexity index is 808. The predicted molar refractivity (Wildman–Crippen MR) is 120 cm³/mol. The molecule has 3 fully saturated rings. The Morgan fingerprint density at radius 1 is 1.10 bits per heavy atom. The van der Waals surface area contributed by atoms with Crippen LogP contribution in [0.4, 0.5) is 0 Å². The molecule has 30 heavy (non-hydrogen) atoms. The molecule has 0 spiro atoms. The van der Waals surface area contributed by atoms with Crippen LogP contribution in [0.3, 0.4) is 0 Å². The van der Waals surface area contributed by atoms with E-state index < -0.39 is 0 Å². The molecule has 0 radical (unpaired) electrons. The Morgan fingerprint density at radius 2 is 2.00 bits per heavy atom. The molecule has 3 heteroatoms. The van der Waals surface area contributed by atoms with Crippen LogP contribution >= 0.6 is 0 Å². The molecule has 1 heterocycles. The fourth-order valence-corrected chi connectivity index (χ4v) is 7.54. The Balaban J connectivity index is 1.52. The Morgan fingerprint density at radius 3 is 2.80 bits per heavy atom. The summed E-state index contributed by atoms with van der Waals surface area (Å²) in [6, 6.07) is 6.81. The van der Waals surface area contributed by atoms with Crippen molar-refractivity contribution >= 4 is 0 Å². The van der Waals surface area contributed by atoms with Crippen molar-refractivity contribution in [1.82, 2.24) is 0 Å². The van der Waals surface area contributed by atoms with Gasteiger partial charge in [-0.25, -0.2) is 0 Å². The maximum atomic E-state index is 6.36. The van der Waals surface area contributed by atoms with Crippen LogP contribution in [-0.2, 0) is 15.9 Å². The van der Waals surface area contributed by atoms with Crippen molar-refractivity contribution in [3.8, 4) is 5.75 Å². The molecule has 2 saturated carbocycles. The van der Waals surface area contributed by atoms with Gasteiger partial charge in [-0.2, -0.15) is 0 Å². The second kappa shape index (κ2) is 7.89. The summed E-state index contributed by atoms with van der Waals surface area (Å²) in [5.41, 5.74) is 3.76. The Hall–Kier alpha value is -1.48. The molecule has 4 aliphatic rings. The third kappa shape index (κ3) is 3.38. The lowest BCUT2D eigenvalue weighted by molar-refractivity contribution is -0.139. The molecule has 0 amide bonds. The number of hydrogen-bond acceptors (Lipinski definition) is 3. The molecule has 1 aliphatic heterocycles. The Kier molecular flexibility index (Phi) is 5.37. The van der Waals surface area contributed by atoms with E-state index in [-0.39, 0.29) is 11.7 Å². The molecule has 1 saturated heterocycles. The molecule has 0 N–H and O–H groups in total. The first-order chi connectivity index (χ1) is 14.5. The second-order valence-electron chi connectivity index (χ2n) is 10.5. The number of fused-ring (bicyclic) bond motifs is 5. The minimum absolute atomic E-state index is 0.0523. The van der Waals surface area contributed by atoms with Crippen LogP contribution < -0.4 is 4.74 Å². The van der Waals surface area contributed by atoms with Gasteiger partial charge in [-0.05, 0) is 105 Å². The number of allylic oxidation sites excluding steroid dienone is 2. The van der Waals surface area contributed by atoms with Gasteiger partial charge in [0.15, 0.2) is 6.29 Å². The van der Waals surface area contributed by atoms with Gasteiger partial charge in [-0.15, -0.1) is 0 Å². The standard InChI is InChI=1S/C27H38O3/c1-19(30-25-8-4-5-16-29-25)18-27-15-11-20-17-21(28-3)9-10-22(20)23(27)12-14-26(2)13-6-7-24(26)27/h9-10,17-18,23-25H,4-8,11-16H2,1-3H3/t23-,24-,25?,26+,27+/m1/s1. The fraction of sp³-hybridized carbons (Fsp3) is 0.704. The molecule has 0 aromatic heterocycles. The number of methoxy groups -OCH3 is 1. The zero-order chi connectivity index (χ0) is 20.8. The number of aryl methyl sites for hydroxylation is 1. The average molecular weight is 411 g/mol. The van der Waals surface area contributed by atoms with Gasteiger partial charge in [0.2, 0.25) is 0 Å². The van der Waals surface area contributed by atoms with Gasteiger partial charge in [-0.1, -0.05) is 19.4 Å². The average Bonchev–Trinajstić information content (AvgIpc) is 3.16. The first kappa shape index (κ1) is 20.4. The summed E-state index contributed by atoms with van der Waals surface area (Å²) in [6.45, 7) is 5.58. The van der Waals surface area contributed by atoms with E-state index >= 15 is 0 Å². The van der Waals surface area contributed by atoms with Gasteiger partial charge in [0.25, 0.3) is 0 Å². The molecule has 5 rings (SSSR count). The maximum Gasteiger partial charge on any atom is 0.199 e. The minimum Gasteiger partial charge on any atom is -0.497 e. The normalized spacial score (nSPS) is 38.4. The van der Waals surface area contributed by atoms with Gasteiger partial charge in [0.05, 0.1) is 19.5 Å². The lowest BCUT2D eigenvalue weighted by atomic mass is 9.47. The van der Waals surface area contributed by atoms with E-state index in [0.29, 0.717) is 11.3 Å². The summed E-state index contributed by atoms with van der Waals surface area (Å²) in [5.74, 6) is 3.42. The first-order valence-electron chi connectivity index (χ1n) is 12.2. The van der Waals surface area contributed by atoms with Crippen LogP contribution in [0, 0.1) is 16.7 Å². The summed E-state index contributed by atoms with van der Waals surface area (Å²) in [4.78, 5) is 0. The van der Waals surface area contributed by atoms with Crippen LogP contribution in [0.2, 0.25) is 0 Å². The number of benzene rings is 1. The van der Waals surface area contributed by atoms with E-state index in [1.165, 1.54) is 50.5 Å². The van der Waals surface area contributed by atoms with Gasteiger partial charge in [0, 0.05) is 11.8 Å². The number of rotatable bonds is 4. The highest BCUT2D eigenvalue weighted by molar-refractivity contribution is 5.43. The maximum absolute atomic E-state index is 6.36. The molecule has 1 aromatic rings. The van der Waals surface area contributed by atoms with Crippen LogP contribution in [0.15, 0.2) is 30.0 Å². The molecule has 0 bridgehead atoms. The van der Waals surface area contributed by atoms with Crippen LogP contribution in [0.1, 0.15) is 88.7 Å². The van der Waals surface area contributed by atoms with Gasteiger partial charge < -0.3 is 14.2 Å². The molecule has 5 atom stereocenters. The SMILES string of the molecule is COc1ccc2c(c1)CC[C@]1(C=C(C)OC3CCCCO3)[C@@H]2CC[C@]2(C)CCC[C@H]21. The van der Waals surface area contributed by atoms with Crippen molar-refractivity contribution < 1.29 is 14.2 Å². The van der Waals surface area contributed by atoms with Gasteiger partial charge in [0.1, 0.15) is 5.75 Å². The van der Waals surface area contributed by atoms with E-state index in [4.69, 9.17) is 14.2 Å². The molecule has 1 aromatic carbocycles. The molecular weight excluding hydrogens is 372 g/mol. The van der Waals surface area contributed by atoms with Crippen molar-refractivity contribution in [3.63, 3.8) is 0 Å². The third-order valence-corrected chi connectivity index (χ3v) is 8.86. The quantitative estimate of drug-likeness (QED) is 0.513. The van der Waals surface area contributed by atoms with E-state index in [1.54, 1.807) is 12.7 Å². The zero-order valence-electron chi connectivity index (χ0n) is 19.0. The number of ether oxygens (including phenoxy) is 3. The fourth-order valence-electron chi connectivity index (χ4n) is 7.54. The lowest BCUT2D eigenvalue weighted by Crippen LogP contribution is -2.48. The van der Waals surface area contributed by atoms with E-state index in [0.717, 1.165) is 43.3 Å². The van der Waals surface area contributed by atoms with E-state index in [2.05, 4.69) is 38.1 Å². The van der Waals surface area contributed by atoms with Gasteiger partial charge >= 0.3 is 0 Å². The summed E-state index contributed by atoms with van der Waals surface area (Å²) < 4.78 is 17.8. The van der Waals surface area contributed by atoms with E-state index in [1.807, 2.05) is 0 Å². The highest BCUT2D eigenvalue weighted by atomic mass is 16.7. The first-order valence-corrected chi connectivity index (χ1v) is 12.2. The van der Waals surface area contributed by atoms with Crippen LogP contribution in [0.25, 0.3) is 0 Å². The van der Waals surface area contributed by atoms with Crippen molar-refractivity contribution in [1.29, 1.82) is 0 Å². The van der Waals surface area contributed by atoms with Crippen LogP contribution in [0.5, 0.6) is 5.75 Å². The molecule has 1 unspecified atom stereocenters. The van der Waals surface area contributed by atoms with Crippen molar-refractivity contribution in [2.75, 3.05) is 13.7 Å². The topological polar surface area (TPSA) is 27.7 Å². The second-order valence-corrected chi connectivity index (χ2v) is 10.5. The Labute approximate surface area is 182 Å². The summed E-state index contributed by atoms with van der Waals surface area (Å²) in [5, 5.41) is 0. The van der Waals surface area contributed by atoms with Crippen molar-refractivity contribution in [2.24, 2.45) is 16.7 Å². The largest absolute Gasteiger partial charge is 0.497 e. The lowest BCUT2D eigenvalue weighted by Gasteiger charge is -2.57. The smallest absolute Gasteiger partial charge is 0.199 e. The zero-order valence-corrected chi connectivity index (χ0v) is 19.0. The molecule has 3 aliphatic carbocycles. The minimum atomic E-state index is -0.0523. The summed E-state index contributed by atoms with van der Waals surface area (Å²) in [7, 11) is 1.77. The van der Waals surface area contributed by atoms with Gasteiger partial charge in [-0.3, -0.25) is 0 Å². The number of hydrogen-bond donors (Lipinski definition) is 0. The highest BCUT2D eigenvalue weighted by Gasteiger charge is 2.58. The summed E-state index contributed by atoms with van der Waals surface area (Å²) >= 11 is 0. The van der Waals surface area contributed by atoms with E-state index in [9.17, 15) is 0 Å². The van der Waals surface area contributed by atoms with Crippen molar-refractivity contribution in [3.05, 3.63) is 41.2 Å². The molecule has 3 nitrogen and oxygen atoms in total. The third-order valence-electron chi connectivity index (χ3n) is 8.86. The monoisotopic (exact) mass is 410 g/mol. The van der Waals surface area contributed by atoms with Crippen LogP contribution in [-0.4, -0.2) is 20.0 Å².